The Labute approximate surface area is 191 Å². The van der Waals surface area contributed by atoms with Crippen molar-refractivity contribution in [1.82, 2.24) is 15.2 Å². The first-order valence-corrected chi connectivity index (χ1v) is 10.2. The van der Waals surface area contributed by atoms with Gasteiger partial charge in [0.15, 0.2) is 5.96 Å². The number of pyridine rings is 1. The zero-order valence-electron chi connectivity index (χ0n) is 17.4. The van der Waals surface area contributed by atoms with E-state index >= 15 is 0 Å². The third-order valence-corrected chi connectivity index (χ3v) is 4.80. The lowest BCUT2D eigenvalue weighted by Crippen LogP contribution is -2.52. The minimum atomic E-state index is 0. The molecule has 1 fully saturated rings. The molecule has 2 aromatic rings. The van der Waals surface area contributed by atoms with E-state index in [1.54, 1.807) is 0 Å². The Balaban J connectivity index is 0.00000300. The molecule has 1 aliphatic rings. The molecule has 0 radical (unpaired) electrons. The zero-order valence-corrected chi connectivity index (χ0v) is 19.7. The van der Waals surface area contributed by atoms with Crippen LogP contribution in [-0.2, 0) is 6.42 Å². The number of hydrogen-bond donors (Lipinski definition) is 1. The maximum absolute atomic E-state index is 5.73. The number of nitrogens with one attached hydrogen (secondary N) is 1. The van der Waals surface area contributed by atoms with Crippen LogP contribution in [0.4, 0.5) is 5.82 Å². The van der Waals surface area contributed by atoms with Gasteiger partial charge in [-0.15, -0.1) is 24.0 Å². The third kappa shape index (κ3) is 6.76. The fraction of sp³-hybridized carbons (Fsp3) is 0.455. The lowest BCUT2D eigenvalue weighted by Gasteiger charge is -2.37. The van der Waals surface area contributed by atoms with E-state index in [-0.39, 0.29) is 24.0 Å². The molecule has 1 saturated heterocycles. The van der Waals surface area contributed by atoms with Crippen LogP contribution in [0.2, 0.25) is 0 Å². The first-order valence-electron chi connectivity index (χ1n) is 10.2. The number of para-hydroxylation sites is 1. The van der Waals surface area contributed by atoms with Crippen LogP contribution in [-0.4, -0.2) is 61.7 Å². The predicted molar refractivity (Wildman–Crippen MR) is 131 cm³/mol. The lowest BCUT2D eigenvalue weighted by molar-refractivity contribution is 0.336. The molecule has 0 aliphatic carbocycles. The van der Waals surface area contributed by atoms with Crippen LogP contribution in [0.15, 0.2) is 53.7 Å². The van der Waals surface area contributed by atoms with Crippen molar-refractivity contribution in [3.05, 3.63) is 54.2 Å². The van der Waals surface area contributed by atoms with Crippen molar-refractivity contribution in [2.24, 2.45) is 4.99 Å². The quantitative estimate of drug-likeness (QED) is 0.352. The van der Waals surface area contributed by atoms with Gasteiger partial charge in [-0.05, 0) is 44.0 Å². The SMILES string of the molecule is CCNC(=NCCc1ccccc1OCC)N1CCN(c2ccccn2)CC1.I. The van der Waals surface area contributed by atoms with Gasteiger partial charge in [0.2, 0.25) is 0 Å². The smallest absolute Gasteiger partial charge is 0.194 e. The second kappa shape index (κ2) is 12.5. The predicted octanol–water partition coefficient (Wildman–Crippen LogP) is 3.43. The van der Waals surface area contributed by atoms with E-state index < -0.39 is 0 Å². The van der Waals surface area contributed by atoms with Crippen LogP contribution in [0, 0.1) is 0 Å². The van der Waals surface area contributed by atoms with Gasteiger partial charge in [0.1, 0.15) is 11.6 Å². The largest absolute Gasteiger partial charge is 0.494 e. The Kier molecular flexibility index (Phi) is 10.0. The molecule has 0 bridgehead atoms. The summed E-state index contributed by atoms with van der Waals surface area (Å²) < 4.78 is 5.73. The summed E-state index contributed by atoms with van der Waals surface area (Å²) in [5, 5.41) is 3.44. The van der Waals surface area contributed by atoms with Gasteiger partial charge in [-0.1, -0.05) is 24.3 Å². The minimum absolute atomic E-state index is 0. The Morgan fingerprint density at radius 1 is 1.07 bits per heavy atom. The summed E-state index contributed by atoms with van der Waals surface area (Å²) >= 11 is 0. The number of anilines is 1. The van der Waals surface area contributed by atoms with Gasteiger partial charge in [-0.2, -0.15) is 0 Å². The fourth-order valence-electron chi connectivity index (χ4n) is 3.40. The first kappa shape index (κ1) is 23.3. The monoisotopic (exact) mass is 509 g/mol. The van der Waals surface area contributed by atoms with Gasteiger partial charge in [0, 0.05) is 45.5 Å². The topological polar surface area (TPSA) is 53.0 Å². The number of guanidine groups is 1. The molecule has 6 nitrogen and oxygen atoms in total. The van der Waals surface area contributed by atoms with Crippen molar-refractivity contribution in [3.8, 4) is 5.75 Å². The van der Waals surface area contributed by atoms with Crippen LogP contribution in [0.5, 0.6) is 5.75 Å². The number of benzene rings is 1. The van der Waals surface area contributed by atoms with Gasteiger partial charge in [-0.3, -0.25) is 4.99 Å². The highest BCUT2D eigenvalue weighted by atomic mass is 127. The Morgan fingerprint density at radius 3 is 2.52 bits per heavy atom. The van der Waals surface area contributed by atoms with Crippen LogP contribution in [0.25, 0.3) is 0 Å². The molecule has 1 aromatic heterocycles. The summed E-state index contributed by atoms with van der Waals surface area (Å²) in [5.41, 5.74) is 1.21. The maximum Gasteiger partial charge on any atom is 0.194 e. The number of hydrogen-bond acceptors (Lipinski definition) is 4. The van der Waals surface area contributed by atoms with E-state index in [9.17, 15) is 0 Å². The number of aliphatic imine (C=N–C) groups is 1. The van der Waals surface area contributed by atoms with Crippen molar-refractivity contribution >= 4 is 35.8 Å². The Hall–Kier alpha value is -2.03. The number of ether oxygens (including phenoxy) is 1. The summed E-state index contributed by atoms with van der Waals surface area (Å²) in [6.45, 7) is 10.2. The van der Waals surface area contributed by atoms with Crippen molar-refractivity contribution in [2.45, 2.75) is 20.3 Å². The second-order valence-electron chi connectivity index (χ2n) is 6.69. The molecule has 0 spiro atoms. The zero-order chi connectivity index (χ0) is 19.6. The average molecular weight is 509 g/mol. The molecule has 0 atom stereocenters. The number of nitrogens with zero attached hydrogens (tertiary/aromatic N) is 4. The van der Waals surface area contributed by atoms with E-state index in [0.717, 1.165) is 63.2 Å². The van der Waals surface area contributed by atoms with E-state index in [0.29, 0.717) is 6.61 Å². The number of aromatic nitrogens is 1. The highest BCUT2D eigenvalue weighted by Gasteiger charge is 2.20. The molecule has 0 amide bonds. The molecule has 2 heterocycles. The number of piperazine rings is 1. The molecule has 3 rings (SSSR count). The molecule has 29 heavy (non-hydrogen) atoms. The number of halogens is 1. The van der Waals surface area contributed by atoms with E-state index in [4.69, 9.17) is 9.73 Å². The van der Waals surface area contributed by atoms with Gasteiger partial charge < -0.3 is 19.9 Å². The van der Waals surface area contributed by atoms with Gasteiger partial charge in [0.25, 0.3) is 0 Å². The minimum Gasteiger partial charge on any atom is -0.494 e. The molecule has 0 saturated carbocycles. The summed E-state index contributed by atoms with van der Waals surface area (Å²) in [6, 6.07) is 14.3. The lowest BCUT2D eigenvalue weighted by atomic mass is 10.1. The summed E-state index contributed by atoms with van der Waals surface area (Å²) in [6.07, 6.45) is 2.73. The van der Waals surface area contributed by atoms with Crippen LogP contribution in [0.3, 0.4) is 0 Å². The standard InChI is InChI=1S/C22H31N5O.HI/c1-3-23-22(25-14-12-19-9-5-6-10-20(19)28-4-2)27-17-15-26(16-18-27)21-11-7-8-13-24-21;/h5-11,13H,3-4,12,14-18H2,1-2H3,(H,23,25);1H. The highest BCUT2D eigenvalue weighted by molar-refractivity contribution is 14.0. The molecule has 1 aromatic carbocycles. The molecular formula is C22H32IN5O. The second-order valence-corrected chi connectivity index (χ2v) is 6.69. The molecule has 0 unspecified atom stereocenters. The van der Waals surface area contributed by atoms with Crippen LogP contribution < -0.4 is 15.0 Å². The van der Waals surface area contributed by atoms with Crippen molar-refractivity contribution < 1.29 is 4.74 Å². The van der Waals surface area contributed by atoms with Gasteiger partial charge >= 0.3 is 0 Å². The summed E-state index contributed by atoms with van der Waals surface area (Å²) in [4.78, 5) is 14.0. The first-order chi connectivity index (χ1) is 13.8. The van der Waals surface area contributed by atoms with E-state index in [1.165, 1.54) is 5.56 Å². The Bertz CT molecular complexity index is 748. The fourth-order valence-corrected chi connectivity index (χ4v) is 3.40. The molecular weight excluding hydrogens is 477 g/mol. The van der Waals surface area contributed by atoms with Crippen molar-refractivity contribution in [1.29, 1.82) is 0 Å². The van der Waals surface area contributed by atoms with Crippen LogP contribution in [0.1, 0.15) is 19.4 Å². The van der Waals surface area contributed by atoms with Crippen LogP contribution >= 0.6 is 24.0 Å². The molecule has 7 heteroatoms. The van der Waals surface area contributed by atoms with E-state index in [1.807, 2.05) is 37.4 Å². The molecule has 158 valence electrons. The molecule has 1 aliphatic heterocycles. The maximum atomic E-state index is 5.73. The summed E-state index contributed by atoms with van der Waals surface area (Å²) in [7, 11) is 0. The van der Waals surface area contributed by atoms with E-state index in [2.05, 4.69) is 45.2 Å². The summed E-state index contributed by atoms with van der Waals surface area (Å²) in [5.74, 6) is 3.02. The third-order valence-electron chi connectivity index (χ3n) is 4.80. The number of rotatable bonds is 7. The van der Waals surface area contributed by atoms with Crippen molar-refractivity contribution in [2.75, 3.05) is 50.8 Å². The molecule has 1 N–H and O–H groups in total. The van der Waals surface area contributed by atoms with Crippen molar-refractivity contribution in [3.63, 3.8) is 0 Å². The van der Waals surface area contributed by atoms with Gasteiger partial charge in [0.05, 0.1) is 6.61 Å². The van der Waals surface area contributed by atoms with Gasteiger partial charge in [-0.25, -0.2) is 4.98 Å². The average Bonchev–Trinajstić information content (AvgIpc) is 2.75. The highest BCUT2D eigenvalue weighted by Crippen LogP contribution is 2.18. The Morgan fingerprint density at radius 2 is 1.83 bits per heavy atom. The normalized spacial score (nSPS) is 14.3.